The number of benzene rings is 1. The van der Waals surface area contributed by atoms with E-state index in [0.717, 1.165) is 5.56 Å². The number of rotatable bonds is 2. The Kier molecular flexibility index (Phi) is 3.20. The van der Waals surface area contributed by atoms with Gasteiger partial charge in [-0.25, -0.2) is 4.98 Å². The molecule has 86 valence electrons. The third-order valence-electron chi connectivity index (χ3n) is 2.02. The van der Waals surface area contributed by atoms with Crippen LogP contribution in [0.15, 0.2) is 35.5 Å². The van der Waals surface area contributed by atoms with Crippen molar-refractivity contribution in [1.29, 1.82) is 0 Å². The molecule has 0 atom stereocenters. The summed E-state index contributed by atoms with van der Waals surface area (Å²) in [5.41, 5.74) is 12.4. The fourth-order valence-electron chi connectivity index (χ4n) is 1.23. The van der Waals surface area contributed by atoms with E-state index in [-0.39, 0.29) is 11.8 Å². The lowest BCUT2D eigenvalue weighted by atomic mass is 10.2. The zero-order valence-corrected chi connectivity index (χ0v) is 9.59. The van der Waals surface area contributed by atoms with Gasteiger partial charge in [0.1, 0.15) is 5.69 Å². The summed E-state index contributed by atoms with van der Waals surface area (Å²) in [6, 6.07) is 7.30. The van der Waals surface area contributed by atoms with E-state index in [1.54, 1.807) is 18.3 Å². The van der Waals surface area contributed by atoms with Gasteiger partial charge in [0.2, 0.25) is 5.95 Å². The average Bonchev–Trinajstić information content (AvgIpc) is 2.28. The zero-order valence-electron chi connectivity index (χ0n) is 8.84. The van der Waals surface area contributed by atoms with Gasteiger partial charge in [-0.15, -0.1) is 0 Å². The van der Waals surface area contributed by atoms with Crippen molar-refractivity contribution in [3.63, 3.8) is 0 Å². The number of aromatic nitrogens is 2. The van der Waals surface area contributed by atoms with E-state index in [1.807, 2.05) is 12.1 Å². The van der Waals surface area contributed by atoms with Crippen molar-refractivity contribution < 1.29 is 0 Å². The Morgan fingerprint density at radius 2 is 2.12 bits per heavy atom. The molecule has 0 bridgehead atoms. The van der Waals surface area contributed by atoms with Crippen molar-refractivity contribution in [2.24, 2.45) is 4.99 Å². The first kappa shape index (κ1) is 11.3. The van der Waals surface area contributed by atoms with Gasteiger partial charge < -0.3 is 11.5 Å². The van der Waals surface area contributed by atoms with Crippen LogP contribution in [0.2, 0.25) is 5.02 Å². The number of nitrogen functional groups attached to an aromatic ring is 2. The van der Waals surface area contributed by atoms with Gasteiger partial charge in [0.25, 0.3) is 0 Å². The molecule has 1 aromatic carbocycles. The van der Waals surface area contributed by atoms with Gasteiger partial charge in [0, 0.05) is 11.2 Å². The van der Waals surface area contributed by atoms with E-state index in [0.29, 0.717) is 10.7 Å². The van der Waals surface area contributed by atoms with Crippen molar-refractivity contribution in [2.45, 2.75) is 0 Å². The third kappa shape index (κ3) is 2.92. The Morgan fingerprint density at radius 1 is 1.29 bits per heavy atom. The summed E-state index contributed by atoms with van der Waals surface area (Å²) >= 11 is 5.85. The quantitative estimate of drug-likeness (QED) is 0.795. The lowest BCUT2D eigenvalue weighted by Gasteiger charge is -1.99. The molecule has 0 spiro atoms. The predicted octanol–water partition coefficient (Wildman–Crippen LogP) is 2.04. The van der Waals surface area contributed by atoms with E-state index in [2.05, 4.69) is 15.0 Å². The molecule has 0 fully saturated rings. The van der Waals surface area contributed by atoms with Crippen LogP contribution in [0.25, 0.3) is 0 Å². The molecule has 0 unspecified atom stereocenters. The van der Waals surface area contributed by atoms with Crippen molar-refractivity contribution in [1.82, 2.24) is 9.97 Å². The van der Waals surface area contributed by atoms with Crippen molar-refractivity contribution >= 4 is 35.3 Å². The Hall–Kier alpha value is -2.14. The molecule has 0 amide bonds. The summed E-state index contributed by atoms with van der Waals surface area (Å²) < 4.78 is 0. The molecule has 1 heterocycles. The van der Waals surface area contributed by atoms with E-state index in [1.165, 1.54) is 6.20 Å². The van der Waals surface area contributed by atoms with Gasteiger partial charge in [-0.1, -0.05) is 23.7 Å². The van der Waals surface area contributed by atoms with Crippen molar-refractivity contribution in [3.05, 3.63) is 41.0 Å². The lowest BCUT2D eigenvalue weighted by molar-refractivity contribution is 1.18. The maximum Gasteiger partial charge on any atom is 0.222 e. The highest BCUT2D eigenvalue weighted by Crippen LogP contribution is 2.18. The molecular weight excluding hydrogens is 238 g/mol. The lowest BCUT2D eigenvalue weighted by Crippen LogP contribution is -1.98. The molecular formula is C11H10ClN5. The highest BCUT2D eigenvalue weighted by atomic mass is 35.5. The minimum absolute atomic E-state index is 0.129. The van der Waals surface area contributed by atoms with Crippen LogP contribution in [0.4, 0.5) is 17.5 Å². The van der Waals surface area contributed by atoms with Crippen LogP contribution in [0, 0.1) is 0 Å². The molecule has 2 aromatic rings. The third-order valence-corrected chi connectivity index (χ3v) is 2.25. The highest BCUT2D eigenvalue weighted by molar-refractivity contribution is 6.30. The molecule has 0 saturated carbocycles. The summed E-state index contributed by atoms with van der Waals surface area (Å²) in [7, 11) is 0. The first-order valence-corrected chi connectivity index (χ1v) is 5.20. The summed E-state index contributed by atoms with van der Waals surface area (Å²) in [6.07, 6.45) is 3.11. The van der Waals surface area contributed by atoms with E-state index >= 15 is 0 Å². The number of nitrogens with two attached hydrogens (primary N) is 2. The van der Waals surface area contributed by atoms with Gasteiger partial charge in [0.05, 0.1) is 6.20 Å². The summed E-state index contributed by atoms with van der Waals surface area (Å²) in [5.74, 6) is 0.375. The Balaban J connectivity index is 2.26. The molecule has 0 radical (unpaired) electrons. The maximum absolute atomic E-state index is 5.85. The molecule has 17 heavy (non-hydrogen) atoms. The van der Waals surface area contributed by atoms with Crippen LogP contribution in [0.1, 0.15) is 5.56 Å². The molecule has 4 N–H and O–H groups in total. The predicted molar refractivity (Wildman–Crippen MR) is 69.6 cm³/mol. The van der Waals surface area contributed by atoms with Crippen LogP contribution in [0.5, 0.6) is 0 Å². The largest absolute Gasteiger partial charge is 0.382 e. The topological polar surface area (TPSA) is 90.2 Å². The molecule has 0 aliphatic heterocycles. The first-order valence-electron chi connectivity index (χ1n) is 4.83. The number of hydrogen-bond acceptors (Lipinski definition) is 5. The van der Waals surface area contributed by atoms with Crippen molar-refractivity contribution in [3.8, 4) is 0 Å². The van der Waals surface area contributed by atoms with E-state index in [4.69, 9.17) is 23.1 Å². The smallest absolute Gasteiger partial charge is 0.222 e. The molecule has 1 aromatic heterocycles. The average molecular weight is 248 g/mol. The fourth-order valence-corrected chi connectivity index (χ4v) is 1.43. The molecule has 0 saturated heterocycles. The second-order valence-electron chi connectivity index (χ2n) is 3.31. The summed E-state index contributed by atoms with van der Waals surface area (Å²) in [5, 5.41) is 0.649. The second kappa shape index (κ2) is 4.80. The van der Waals surface area contributed by atoms with Crippen LogP contribution in [-0.4, -0.2) is 16.2 Å². The first-order chi connectivity index (χ1) is 8.15. The minimum Gasteiger partial charge on any atom is -0.382 e. The Morgan fingerprint density at radius 3 is 2.82 bits per heavy atom. The molecule has 5 nitrogen and oxygen atoms in total. The molecule has 6 heteroatoms. The van der Waals surface area contributed by atoms with Crippen LogP contribution >= 0.6 is 11.6 Å². The maximum atomic E-state index is 5.85. The number of anilines is 2. The minimum atomic E-state index is 0.129. The van der Waals surface area contributed by atoms with Crippen LogP contribution in [-0.2, 0) is 0 Å². The Bertz CT molecular complexity index is 568. The summed E-state index contributed by atoms with van der Waals surface area (Å²) in [6.45, 7) is 0. The fraction of sp³-hybridized carbons (Fsp3) is 0. The van der Waals surface area contributed by atoms with Gasteiger partial charge in [0.15, 0.2) is 5.82 Å². The highest BCUT2D eigenvalue weighted by Gasteiger charge is 1.99. The second-order valence-corrected chi connectivity index (χ2v) is 3.75. The zero-order chi connectivity index (χ0) is 12.3. The van der Waals surface area contributed by atoms with Gasteiger partial charge >= 0.3 is 0 Å². The Labute approximate surface area is 103 Å². The van der Waals surface area contributed by atoms with Gasteiger partial charge in [-0.3, -0.25) is 4.99 Å². The van der Waals surface area contributed by atoms with Crippen molar-refractivity contribution in [2.75, 3.05) is 11.5 Å². The van der Waals surface area contributed by atoms with E-state index < -0.39 is 0 Å². The standard InChI is InChI=1S/C11H10ClN5/c12-8-3-1-2-7(4-8)5-15-9-6-16-11(14)17-10(9)13/h1-6H,(H4,13,14,16,17). The van der Waals surface area contributed by atoms with Crippen LogP contribution in [0.3, 0.4) is 0 Å². The number of aliphatic imine (C=N–C) groups is 1. The van der Waals surface area contributed by atoms with Crippen LogP contribution < -0.4 is 11.5 Å². The number of nitrogens with zero attached hydrogens (tertiary/aromatic N) is 3. The van der Waals surface area contributed by atoms with E-state index in [9.17, 15) is 0 Å². The number of halogens is 1. The van der Waals surface area contributed by atoms with Gasteiger partial charge in [-0.2, -0.15) is 4.98 Å². The number of hydrogen-bond donors (Lipinski definition) is 2. The van der Waals surface area contributed by atoms with Gasteiger partial charge in [-0.05, 0) is 17.7 Å². The molecule has 2 rings (SSSR count). The SMILES string of the molecule is Nc1ncc(N=Cc2cccc(Cl)c2)c(N)n1. The summed E-state index contributed by atoms with van der Waals surface area (Å²) in [4.78, 5) is 11.8. The monoisotopic (exact) mass is 247 g/mol. The normalized spacial score (nSPS) is 10.9. The molecule has 0 aliphatic carbocycles. The molecule has 0 aliphatic rings.